The van der Waals surface area contributed by atoms with Crippen LogP contribution < -0.4 is 4.74 Å². The number of hydrogen-bond donors (Lipinski definition) is 0. The molecule has 0 spiro atoms. The molecule has 1 nitrogen and oxygen atoms in total. The van der Waals surface area contributed by atoms with Crippen molar-refractivity contribution < 1.29 is 4.74 Å². The molecule has 4 rings (SSSR count). The maximum absolute atomic E-state index is 5.46. The molecule has 4 aromatic rings. The molecule has 1 heterocycles. The average Bonchev–Trinajstić information content (AvgIpc) is 3.06. The highest BCUT2D eigenvalue weighted by molar-refractivity contribution is 7.22. The Morgan fingerprint density at radius 2 is 1.68 bits per heavy atom. The Bertz CT molecular complexity index is 1120. The third-order valence-corrected chi connectivity index (χ3v) is 6.73. The Balaban J connectivity index is 1.85. The van der Waals surface area contributed by atoms with Crippen LogP contribution in [0.25, 0.3) is 20.5 Å². The van der Waals surface area contributed by atoms with E-state index in [0.29, 0.717) is 0 Å². The number of thiophene rings is 1. The minimum atomic E-state index is 0.916. The van der Waals surface area contributed by atoms with Crippen LogP contribution in [0.2, 0.25) is 0 Å². The van der Waals surface area contributed by atoms with Gasteiger partial charge in [-0.1, -0.05) is 55.0 Å². The van der Waals surface area contributed by atoms with Crippen molar-refractivity contribution >= 4 is 21.4 Å². The molecule has 0 saturated heterocycles. The molecule has 0 amide bonds. The van der Waals surface area contributed by atoms with E-state index >= 15 is 0 Å². The summed E-state index contributed by atoms with van der Waals surface area (Å²) in [5.74, 6) is 0.916. The van der Waals surface area contributed by atoms with Crippen molar-refractivity contribution in [3.8, 4) is 16.2 Å². The van der Waals surface area contributed by atoms with Gasteiger partial charge in [0.2, 0.25) is 0 Å². The average molecular weight is 387 g/mol. The van der Waals surface area contributed by atoms with Gasteiger partial charge in [0, 0.05) is 9.58 Å². The van der Waals surface area contributed by atoms with Crippen LogP contribution in [0.4, 0.5) is 0 Å². The molecule has 0 unspecified atom stereocenters. The van der Waals surface area contributed by atoms with Crippen LogP contribution in [0.3, 0.4) is 0 Å². The fourth-order valence-electron chi connectivity index (χ4n) is 3.84. The van der Waals surface area contributed by atoms with Gasteiger partial charge in [-0.25, -0.2) is 0 Å². The molecule has 0 aliphatic carbocycles. The van der Waals surface area contributed by atoms with Crippen molar-refractivity contribution in [2.24, 2.45) is 0 Å². The van der Waals surface area contributed by atoms with E-state index in [1.54, 1.807) is 7.11 Å². The van der Waals surface area contributed by atoms with Crippen LogP contribution in [0.5, 0.6) is 5.75 Å². The Morgan fingerprint density at radius 1 is 0.893 bits per heavy atom. The summed E-state index contributed by atoms with van der Waals surface area (Å²) in [6.07, 6.45) is 2.03. The number of rotatable bonds is 5. The van der Waals surface area contributed by atoms with Crippen molar-refractivity contribution in [2.75, 3.05) is 7.11 Å². The molecular formula is C26H26OS. The van der Waals surface area contributed by atoms with Crippen LogP contribution >= 0.6 is 11.3 Å². The predicted octanol–water partition coefficient (Wildman–Crippen LogP) is 7.35. The SMILES string of the molecule is CCc1ccc(Cc2c(-c3ccc(C)cc3)sc3cc(OC)ccc23)cc1C. The summed E-state index contributed by atoms with van der Waals surface area (Å²) in [5.41, 5.74) is 8.19. The molecule has 142 valence electrons. The predicted molar refractivity (Wildman–Crippen MR) is 122 cm³/mol. The van der Waals surface area contributed by atoms with Gasteiger partial charge in [0.15, 0.2) is 0 Å². The van der Waals surface area contributed by atoms with Crippen LogP contribution in [-0.2, 0) is 12.8 Å². The second-order valence-electron chi connectivity index (χ2n) is 7.43. The smallest absolute Gasteiger partial charge is 0.120 e. The standard InChI is InChI=1S/C26H26OS/c1-5-20-11-8-19(14-18(20)3)15-24-23-13-12-22(27-4)16-25(23)28-26(24)21-9-6-17(2)7-10-21/h6-14,16H,5,15H2,1-4H3. The first kappa shape index (κ1) is 18.8. The summed E-state index contributed by atoms with van der Waals surface area (Å²) in [6, 6.07) is 22.3. The number of hydrogen-bond acceptors (Lipinski definition) is 2. The number of methoxy groups -OCH3 is 1. The quantitative estimate of drug-likeness (QED) is 0.348. The van der Waals surface area contributed by atoms with Crippen molar-refractivity contribution in [1.82, 2.24) is 0 Å². The zero-order valence-electron chi connectivity index (χ0n) is 17.0. The molecule has 3 aromatic carbocycles. The van der Waals surface area contributed by atoms with Crippen LogP contribution in [0, 0.1) is 13.8 Å². The highest BCUT2D eigenvalue weighted by Crippen LogP contribution is 2.41. The lowest BCUT2D eigenvalue weighted by atomic mass is 9.96. The molecular weight excluding hydrogens is 360 g/mol. The Kier molecular flexibility index (Phi) is 5.23. The van der Waals surface area contributed by atoms with E-state index in [9.17, 15) is 0 Å². The molecule has 0 aliphatic rings. The highest BCUT2D eigenvalue weighted by atomic mass is 32.1. The molecule has 1 aromatic heterocycles. The van der Waals surface area contributed by atoms with E-state index in [4.69, 9.17) is 4.74 Å². The highest BCUT2D eigenvalue weighted by Gasteiger charge is 2.15. The minimum Gasteiger partial charge on any atom is -0.497 e. The molecule has 0 bridgehead atoms. The van der Waals surface area contributed by atoms with Gasteiger partial charge < -0.3 is 4.74 Å². The van der Waals surface area contributed by atoms with Gasteiger partial charge in [0.25, 0.3) is 0 Å². The van der Waals surface area contributed by atoms with E-state index in [1.165, 1.54) is 48.3 Å². The number of fused-ring (bicyclic) bond motifs is 1. The van der Waals surface area contributed by atoms with Gasteiger partial charge in [-0.3, -0.25) is 0 Å². The summed E-state index contributed by atoms with van der Waals surface area (Å²) in [6.45, 7) is 6.58. The monoisotopic (exact) mass is 386 g/mol. The van der Waals surface area contributed by atoms with Gasteiger partial charge in [-0.2, -0.15) is 0 Å². The van der Waals surface area contributed by atoms with E-state index in [0.717, 1.165) is 18.6 Å². The topological polar surface area (TPSA) is 9.23 Å². The van der Waals surface area contributed by atoms with Gasteiger partial charge in [-0.15, -0.1) is 11.3 Å². The minimum absolute atomic E-state index is 0.916. The zero-order valence-corrected chi connectivity index (χ0v) is 17.8. The van der Waals surface area contributed by atoms with Crippen molar-refractivity contribution in [2.45, 2.75) is 33.6 Å². The molecule has 0 aliphatic heterocycles. The van der Waals surface area contributed by atoms with Crippen molar-refractivity contribution in [3.05, 3.63) is 88.5 Å². The summed E-state index contributed by atoms with van der Waals surface area (Å²) < 4.78 is 6.74. The molecule has 0 fully saturated rings. The summed E-state index contributed by atoms with van der Waals surface area (Å²) in [7, 11) is 1.73. The first-order valence-electron chi connectivity index (χ1n) is 9.84. The zero-order chi connectivity index (χ0) is 19.7. The third-order valence-electron chi connectivity index (χ3n) is 5.48. The van der Waals surface area contributed by atoms with Crippen molar-refractivity contribution in [1.29, 1.82) is 0 Å². The van der Waals surface area contributed by atoms with Crippen molar-refractivity contribution in [3.63, 3.8) is 0 Å². The number of benzene rings is 3. The van der Waals surface area contributed by atoms with Gasteiger partial charge in [0.05, 0.1) is 7.11 Å². The third kappa shape index (κ3) is 3.57. The first-order chi connectivity index (χ1) is 13.6. The summed E-state index contributed by atoms with van der Waals surface area (Å²) >= 11 is 1.86. The van der Waals surface area contributed by atoms with E-state index in [2.05, 4.69) is 81.4 Å². The molecule has 0 atom stereocenters. The Hall–Kier alpha value is -2.58. The van der Waals surface area contributed by atoms with Crippen LogP contribution in [0.1, 0.15) is 34.7 Å². The summed E-state index contributed by atoms with van der Waals surface area (Å²) in [5, 5.41) is 1.33. The molecule has 0 N–H and O–H groups in total. The van der Waals surface area contributed by atoms with E-state index in [-0.39, 0.29) is 0 Å². The lowest BCUT2D eigenvalue weighted by Gasteiger charge is -2.09. The Morgan fingerprint density at radius 3 is 2.36 bits per heavy atom. The molecule has 2 heteroatoms. The normalized spacial score (nSPS) is 11.1. The second-order valence-corrected chi connectivity index (χ2v) is 8.48. The summed E-state index contributed by atoms with van der Waals surface area (Å²) in [4.78, 5) is 1.36. The second kappa shape index (κ2) is 7.81. The lowest BCUT2D eigenvalue weighted by molar-refractivity contribution is 0.415. The largest absolute Gasteiger partial charge is 0.497 e. The van der Waals surface area contributed by atoms with Gasteiger partial charge >= 0.3 is 0 Å². The maximum Gasteiger partial charge on any atom is 0.120 e. The maximum atomic E-state index is 5.46. The van der Waals surface area contributed by atoms with Gasteiger partial charge in [0.1, 0.15) is 5.75 Å². The van der Waals surface area contributed by atoms with Gasteiger partial charge in [-0.05, 0) is 78.1 Å². The molecule has 28 heavy (non-hydrogen) atoms. The Labute approximate surface area is 171 Å². The number of ether oxygens (including phenoxy) is 1. The number of aryl methyl sites for hydroxylation is 3. The first-order valence-corrected chi connectivity index (χ1v) is 10.7. The fraction of sp³-hybridized carbons (Fsp3) is 0.231. The van der Waals surface area contributed by atoms with E-state index < -0.39 is 0 Å². The van der Waals surface area contributed by atoms with Crippen LogP contribution in [0.15, 0.2) is 60.7 Å². The van der Waals surface area contributed by atoms with E-state index in [1.807, 2.05) is 11.3 Å². The molecule has 0 radical (unpaired) electrons. The molecule has 0 saturated carbocycles. The fourth-order valence-corrected chi connectivity index (χ4v) is 5.10. The van der Waals surface area contributed by atoms with Crippen LogP contribution in [-0.4, -0.2) is 7.11 Å². The lowest BCUT2D eigenvalue weighted by Crippen LogP contribution is -1.93.